The quantitative estimate of drug-likeness (QED) is 0.0506. The molecule has 0 spiro atoms. The molecule has 24 rings (SSSR count). The van der Waals surface area contributed by atoms with Gasteiger partial charge in [-0.1, -0.05) is 6.07 Å². The fourth-order valence-electron chi connectivity index (χ4n) is 20.9. The Labute approximate surface area is 802 Å². The van der Waals surface area contributed by atoms with Crippen LogP contribution in [0.3, 0.4) is 0 Å². The van der Waals surface area contributed by atoms with Crippen molar-refractivity contribution in [2.45, 2.75) is 165 Å². The zero-order valence-electron chi connectivity index (χ0n) is 75.1. The molecule has 42 heteroatoms. The number of nitrogens with one attached hydrogen (secondary N) is 8. The zero-order chi connectivity index (χ0) is 94.8. The van der Waals surface area contributed by atoms with Gasteiger partial charge in [-0.2, -0.15) is 5.26 Å². The maximum atomic E-state index is 15.6. The number of pyridine rings is 2. The van der Waals surface area contributed by atoms with Gasteiger partial charge in [0.15, 0.2) is 23.2 Å². The Kier molecular flexibility index (Phi) is 25.1. The van der Waals surface area contributed by atoms with Crippen molar-refractivity contribution in [3.8, 4) is 23.3 Å². The maximum absolute atomic E-state index is 15.6. The molecule has 4 aromatic carbocycles. The molecule has 12 atom stereocenters. The van der Waals surface area contributed by atoms with E-state index in [1.165, 1.54) is 57.5 Å². The first kappa shape index (κ1) is 91.6. The van der Waals surface area contributed by atoms with Gasteiger partial charge in [0.2, 0.25) is 0 Å². The summed E-state index contributed by atoms with van der Waals surface area (Å²) in [6.45, 7) is 16.0. The molecule has 0 saturated carbocycles. The van der Waals surface area contributed by atoms with E-state index in [9.17, 15) is 24.4 Å². The van der Waals surface area contributed by atoms with Gasteiger partial charge < -0.3 is 109 Å². The van der Waals surface area contributed by atoms with Crippen molar-refractivity contribution in [1.82, 2.24) is 67.5 Å². The van der Waals surface area contributed by atoms with E-state index in [2.05, 4.69) is 78.4 Å². The number of aryl methyl sites for hydroxylation is 4. The highest BCUT2D eigenvalue weighted by molar-refractivity contribution is 7.29. The summed E-state index contributed by atoms with van der Waals surface area (Å²) < 4.78 is 122. The van der Waals surface area contributed by atoms with Crippen LogP contribution in [0.25, 0.3) is 40.3 Å². The molecule has 12 aliphatic rings. The second kappa shape index (κ2) is 37.5. The Morgan fingerprint density at radius 2 is 0.905 bits per heavy atom. The summed E-state index contributed by atoms with van der Waals surface area (Å²) in [6.07, 6.45) is 8.35. The van der Waals surface area contributed by atoms with Crippen LogP contribution in [0.1, 0.15) is 126 Å². The van der Waals surface area contributed by atoms with Crippen LogP contribution in [-0.2, 0) is 41.6 Å². The molecule has 137 heavy (non-hydrogen) atoms. The third-order valence-corrected chi connectivity index (χ3v) is 33.0. The summed E-state index contributed by atoms with van der Waals surface area (Å²) in [7, 11) is 0. The number of hydrogen-bond donors (Lipinski definition) is 12. The second-order valence-corrected chi connectivity index (χ2v) is 42.4. The Morgan fingerprint density at radius 3 is 1.45 bits per heavy atom. The second-order valence-electron chi connectivity index (χ2n) is 37.2. The Hall–Kier alpha value is -11.8. The fraction of sp³-hybridized carbons (Fsp3) is 0.432. The molecule has 8 bridgehead atoms. The Bertz CT molecular complexity index is 6850. The molecule has 11 aliphatic heterocycles. The molecule has 16 N–H and O–H groups in total. The number of nitrogens with zero attached hydrogens (tertiary/aromatic N) is 10. The lowest BCUT2D eigenvalue weighted by molar-refractivity contribution is -0.0486. The number of amides is 4. The number of ether oxygens (including phenoxy) is 5. The van der Waals surface area contributed by atoms with Crippen LogP contribution in [-0.4, -0.2) is 220 Å². The first-order valence-corrected chi connectivity index (χ1v) is 50.1. The number of piperazine rings is 2. The third-order valence-electron chi connectivity index (χ3n) is 27.4. The summed E-state index contributed by atoms with van der Waals surface area (Å²) in [5.74, 6) is -4.14. The number of benzene rings is 4. The number of carbonyl (C=O) groups excluding carboxylic acids is 4. The fourth-order valence-corrected chi connectivity index (χ4v) is 26.1. The Balaban J connectivity index is 0.000000109. The van der Waals surface area contributed by atoms with Crippen molar-refractivity contribution in [2.24, 2.45) is 0 Å². The number of morpholine rings is 4. The molecule has 716 valence electrons. The van der Waals surface area contributed by atoms with Crippen LogP contribution in [0, 0.1) is 73.9 Å². The van der Waals surface area contributed by atoms with Crippen molar-refractivity contribution >= 4 is 166 Å². The number of nitrogens with two attached hydrogens (primary N) is 4. The van der Waals surface area contributed by atoms with Gasteiger partial charge in [-0.25, -0.2) is 51.3 Å². The summed E-state index contributed by atoms with van der Waals surface area (Å²) in [5.41, 5.74) is 33.6. The predicted molar refractivity (Wildman–Crippen MR) is 517 cm³/mol. The number of rotatable bonds is 12. The van der Waals surface area contributed by atoms with E-state index >= 15 is 26.3 Å². The van der Waals surface area contributed by atoms with Crippen LogP contribution in [0.5, 0.6) is 17.2 Å². The number of halogens is 6. The van der Waals surface area contributed by atoms with Crippen LogP contribution in [0.2, 0.25) is 0 Å². The molecule has 8 saturated heterocycles. The molecule has 19 heterocycles. The van der Waals surface area contributed by atoms with Gasteiger partial charge in [0.1, 0.15) is 105 Å². The van der Waals surface area contributed by atoms with Crippen LogP contribution < -0.4 is 99.3 Å². The number of fused-ring (bicyclic) bond motifs is 16. The largest absolute Gasteiger partial charge is 0.491 e. The monoisotopic (exact) mass is 1970 g/mol. The predicted octanol–water partition coefficient (Wildman–Crippen LogP) is 10.6. The minimum Gasteiger partial charge on any atom is -0.491 e. The van der Waals surface area contributed by atoms with Crippen molar-refractivity contribution in [2.75, 3.05) is 141 Å². The van der Waals surface area contributed by atoms with Crippen LogP contribution >= 0.6 is 56.7 Å². The van der Waals surface area contributed by atoms with E-state index in [0.717, 1.165) is 122 Å². The molecule has 4 amide bonds. The first-order valence-electron chi connectivity index (χ1n) is 46.0. The van der Waals surface area contributed by atoms with Crippen molar-refractivity contribution < 1.29 is 69.2 Å². The van der Waals surface area contributed by atoms with Crippen molar-refractivity contribution in [3.05, 3.63) is 171 Å². The molecule has 8 unspecified atom stereocenters. The minimum atomic E-state index is -0.914. The number of nitrogen functional groups attached to an aromatic ring is 4. The number of anilines is 8. The highest BCUT2D eigenvalue weighted by Crippen LogP contribution is 2.46. The number of hydrogen-bond acceptors (Lipinski definition) is 32. The molecule has 31 nitrogen and oxygen atoms in total. The van der Waals surface area contributed by atoms with Gasteiger partial charge in [0, 0.05) is 185 Å². The van der Waals surface area contributed by atoms with Crippen molar-refractivity contribution in [3.63, 3.8) is 0 Å². The highest BCUT2D eigenvalue weighted by Gasteiger charge is 2.43. The van der Waals surface area contributed by atoms with Gasteiger partial charge in [0.05, 0.1) is 103 Å². The molecule has 0 radical (unpaired) electrons. The number of thiazole rings is 1. The molecule has 8 fully saturated rings. The van der Waals surface area contributed by atoms with Gasteiger partial charge >= 0.3 is 0 Å². The smallest absolute Gasteiger partial charge is 0.263 e. The van der Waals surface area contributed by atoms with Gasteiger partial charge in [-0.05, 0) is 120 Å². The lowest BCUT2D eigenvalue weighted by atomic mass is 9.87. The van der Waals surface area contributed by atoms with Gasteiger partial charge in [-0.15, -0.1) is 56.7 Å². The molecular formula is C95H100F6N22O9S5. The number of aromatic nitrogens is 5. The lowest BCUT2D eigenvalue weighted by Crippen LogP contribution is -2.58. The van der Waals surface area contributed by atoms with Gasteiger partial charge in [-0.3, -0.25) is 19.2 Å². The topological polar surface area (TPSA) is 416 Å². The number of nitriles is 1. The summed E-state index contributed by atoms with van der Waals surface area (Å²) >= 11 is 6.38. The van der Waals surface area contributed by atoms with Crippen LogP contribution in [0.15, 0.2) is 60.8 Å². The third kappa shape index (κ3) is 18.1. The first-order chi connectivity index (χ1) is 66.1. The number of carbonyl (C=O) groups is 4. The minimum absolute atomic E-state index is 0.0101. The van der Waals surface area contributed by atoms with E-state index in [1.807, 2.05) is 78.8 Å². The normalized spacial score (nSPS) is 23.7. The summed E-state index contributed by atoms with van der Waals surface area (Å²) in [5, 5.41) is 37.8. The van der Waals surface area contributed by atoms with E-state index in [-0.39, 0.29) is 133 Å². The Morgan fingerprint density at radius 1 is 0.445 bits per heavy atom. The van der Waals surface area contributed by atoms with E-state index < -0.39 is 53.1 Å². The van der Waals surface area contributed by atoms with E-state index in [1.54, 1.807) is 12.3 Å². The molecular weight excluding hydrogens is 1870 g/mol. The average molecular weight is 1970 g/mol. The van der Waals surface area contributed by atoms with Crippen LogP contribution in [0.4, 0.5) is 71.8 Å². The summed E-state index contributed by atoms with van der Waals surface area (Å²) in [6, 6.07) is 17.6. The molecule has 12 aromatic rings. The summed E-state index contributed by atoms with van der Waals surface area (Å²) in [4.78, 5) is 86.0. The zero-order valence-corrected chi connectivity index (χ0v) is 79.2. The number of thiophene rings is 4. The average Bonchev–Trinajstić information content (AvgIpc) is 1.63. The van der Waals surface area contributed by atoms with E-state index in [4.69, 9.17) is 46.6 Å². The SMILES string of the molecule is Cc1ccc2c(N)c(C(=O)N[C@H]3CCc4c(ccc(N5CC6CNCC(C5)O6)c4F)C3)sc2n1.Cc1ccc2c(N)c(C(=O)N[C@H]3COc4c(C#N)c(N5CC6CNCC(C5)O6)cc(F)c4C3)sc2n1.Cc1cnc2c(N)c(C(=O)N[C@H]3COc4cc(N5CC6CCC(C5)N6)c(F)c(F)c4C3)sc2n1.Cc1nc2sc(C(=O)N[C@H]3COc4c(F)c(N5CC6CCC(C5)N6)cc(F)c4C3)c(N)c2s1. The van der Waals surface area contributed by atoms with Crippen molar-refractivity contribution in [1.29, 1.82) is 5.26 Å². The lowest BCUT2D eigenvalue weighted by Gasteiger charge is -2.43. The highest BCUT2D eigenvalue weighted by atomic mass is 32.1. The van der Waals surface area contributed by atoms with Gasteiger partial charge in [0.25, 0.3) is 23.6 Å². The maximum Gasteiger partial charge on any atom is 0.263 e. The van der Waals surface area contributed by atoms with E-state index in [0.29, 0.717) is 176 Å². The standard InChI is InChI=1S/C25H25FN6O3S.C25H28FN5O2S.C23H24F2N6O2S.C22H23F2N5O2S2/c1-12-2-3-16-21(28)23(36-25(16)30-12)24(33)31-13-4-17-19(26)5-20(18(6-27)22(17)34-11-13)32-9-14-7-29-8-15(10-32)35-14;1-13-2-5-19-22(27)23(34-25(19)29-13)24(32)30-15-4-6-18-14(8-15)3-7-20(21(18)26)31-11-16-9-28-10-17(12-31)33-16;1-10-6-27-20-19(26)21(34-23(20)28-10)22(32)30-13-4-14-16(33-9-13)5-15(18(25)17(14)24)31-7-11-2-3-12(8-31)29-11;1-9-26-22-20(32-9)17(25)19(33-22)21(30)28-12-4-13-14(23)5-15(16(24)18(13)31-8-12)29-6-10-2-3-11(7-29)27-10/h2-3,5,13-15,29H,4,7-11,28H2,1H3,(H,31,33);2-3,5,7,15-17,28H,4,6,8-12,27H2,1H3,(H,30,32);5-6,11-13,29H,2-4,7-9,26H2,1H3,(H,30,32);5,10-12,27H,2-4,6-8,25H2,1H3,(H,28,30)/t13-,14?,15?;15-,16?,17?;11?,12?,13-;10?,11?,12-/m1011/s1. The molecule has 8 aromatic heterocycles. The molecule has 1 aliphatic carbocycles.